The molecule has 2 aromatic rings. The summed E-state index contributed by atoms with van der Waals surface area (Å²) in [5.74, 6) is 0. The van der Waals surface area contributed by atoms with E-state index in [0.29, 0.717) is 5.41 Å². The summed E-state index contributed by atoms with van der Waals surface area (Å²) >= 11 is 0. The van der Waals surface area contributed by atoms with Gasteiger partial charge in [-0.1, -0.05) is 57.4 Å². The van der Waals surface area contributed by atoms with E-state index in [2.05, 4.69) is 56.3 Å². The number of nitrogens with zero attached hydrogens (tertiary/aromatic N) is 1. The molecule has 21 heavy (non-hydrogen) atoms. The number of benzene rings is 1. The Kier molecular flexibility index (Phi) is 4.10. The van der Waals surface area contributed by atoms with Gasteiger partial charge in [-0.05, 0) is 43.0 Å². The minimum Gasteiger partial charge on any atom is -0.248 e. The van der Waals surface area contributed by atoms with Gasteiger partial charge in [0.2, 0.25) is 0 Å². The number of hydrogen-bond donors (Lipinski definition) is 0. The summed E-state index contributed by atoms with van der Waals surface area (Å²) in [4.78, 5) is 4.91. The molecular weight excluding hydrogens is 254 g/mol. The molecule has 1 atom stereocenters. The van der Waals surface area contributed by atoms with Crippen LogP contribution in [-0.2, 0) is 5.41 Å². The smallest absolute Gasteiger partial charge is 0.0709 e. The number of pyridine rings is 1. The molecule has 1 aromatic carbocycles. The zero-order valence-corrected chi connectivity index (χ0v) is 13.2. The Balaban J connectivity index is 2.13. The molecule has 0 N–H and O–H groups in total. The predicted molar refractivity (Wildman–Crippen MR) is 91.5 cm³/mol. The van der Waals surface area contributed by atoms with Gasteiger partial charge in [0, 0.05) is 10.8 Å². The van der Waals surface area contributed by atoms with E-state index >= 15 is 0 Å². The van der Waals surface area contributed by atoms with Gasteiger partial charge < -0.3 is 0 Å². The molecule has 0 aliphatic heterocycles. The molecule has 0 amide bonds. The molecular formula is C20H25N. The van der Waals surface area contributed by atoms with Crippen LogP contribution < -0.4 is 0 Å². The van der Waals surface area contributed by atoms with Crippen LogP contribution in [0.3, 0.4) is 0 Å². The average molecular weight is 279 g/mol. The van der Waals surface area contributed by atoms with Crippen molar-refractivity contribution in [2.75, 3.05) is 0 Å². The normalized spacial score (nSPS) is 20.7. The van der Waals surface area contributed by atoms with Gasteiger partial charge in [0.1, 0.15) is 0 Å². The summed E-state index contributed by atoms with van der Waals surface area (Å²) < 4.78 is 0. The van der Waals surface area contributed by atoms with E-state index in [1.165, 1.54) is 55.2 Å². The lowest BCUT2D eigenvalue weighted by atomic mass is 9.68. The van der Waals surface area contributed by atoms with Crippen molar-refractivity contribution >= 4 is 17.0 Å². The Morgan fingerprint density at radius 2 is 1.95 bits per heavy atom. The third kappa shape index (κ3) is 2.62. The molecule has 0 radical (unpaired) electrons. The SMILES string of the molecule is CCCCC1(CCC)CC=Cc2nc3ccccc3cc21. The maximum Gasteiger partial charge on any atom is 0.0709 e. The zero-order valence-electron chi connectivity index (χ0n) is 13.2. The molecule has 0 bridgehead atoms. The van der Waals surface area contributed by atoms with Crippen LogP contribution in [0.25, 0.3) is 17.0 Å². The van der Waals surface area contributed by atoms with Crippen molar-refractivity contribution in [3.63, 3.8) is 0 Å². The zero-order chi connectivity index (χ0) is 14.7. The minimum absolute atomic E-state index is 0.311. The van der Waals surface area contributed by atoms with Gasteiger partial charge in [0.25, 0.3) is 0 Å². The van der Waals surface area contributed by atoms with Crippen LogP contribution in [0.1, 0.15) is 63.6 Å². The van der Waals surface area contributed by atoms with E-state index in [-0.39, 0.29) is 0 Å². The van der Waals surface area contributed by atoms with E-state index < -0.39 is 0 Å². The fourth-order valence-corrected chi connectivity index (χ4v) is 3.78. The van der Waals surface area contributed by atoms with Crippen LogP contribution >= 0.6 is 0 Å². The highest BCUT2D eigenvalue weighted by Gasteiger charge is 2.34. The van der Waals surface area contributed by atoms with Gasteiger partial charge in [-0.3, -0.25) is 0 Å². The van der Waals surface area contributed by atoms with E-state index in [4.69, 9.17) is 4.98 Å². The van der Waals surface area contributed by atoms with Crippen molar-refractivity contribution in [3.8, 4) is 0 Å². The molecule has 1 aliphatic rings. The Labute approximate surface area is 128 Å². The summed E-state index contributed by atoms with van der Waals surface area (Å²) in [5.41, 5.74) is 4.11. The molecule has 3 rings (SSSR count). The lowest BCUT2D eigenvalue weighted by Gasteiger charge is -2.37. The molecule has 1 unspecified atom stereocenters. The summed E-state index contributed by atoms with van der Waals surface area (Å²) in [6.45, 7) is 4.60. The number of unbranched alkanes of at least 4 members (excludes halogenated alkanes) is 1. The highest BCUT2D eigenvalue weighted by atomic mass is 14.7. The van der Waals surface area contributed by atoms with Gasteiger partial charge in [0.15, 0.2) is 0 Å². The van der Waals surface area contributed by atoms with Gasteiger partial charge in [-0.2, -0.15) is 0 Å². The van der Waals surface area contributed by atoms with Gasteiger partial charge in [-0.15, -0.1) is 0 Å². The standard InChI is InChI=1S/C20H25N/c1-3-5-13-20(12-4-2)14-8-11-19-17(20)15-16-9-6-7-10-18(16)21-19/h6-11,15H,3-5,12-14H2,1-2H3. The lowest BCUT2D eigenvalue weighted by molar-refractivity contribution is 0.348. The van der Waals surface area contributed by atoms with Gasteiger partial charge in [-0.25, -0.2) is 4.98 Å². The Hall–Kier alpha value is -1.63. The fraction of sp³-hybridized carbons (Fsp3) is 0.450. The van der Waals surface area contributed by atoms with Crippen molar-refractivity contribution in [2.24, 2.45) is 0 Å². The van der Waals surface area contributed by atoms with E-state index in [1.54, 1.807) is 0 Å². The van der Waals surface area contributed by atoms with Crippen molar-refractivity contribution in [1.82, 2.24) is 4.98 Å². The number of para-hydroxylation sites is 1. The molecule has 0 saturated carbocycles. The fourth-order valence-electron chi connectivity index (χ4n) is 3.78. The average Bonchev–Trinajstić information content (AvgIpc) is 2.52. The molecule has 110 valence electrons. The molecule has 1 aliphatic carbocycles. The first-order valence-electron chi connectivity index (χ1n) is 8.36. The minimum atomic E-state index is 0.311. The van der Waals surface area contributed by atoms with E-state index in [0.717, 1.165) is 5.52 Å². The first-order valence-corrected chi connectivity index (χ1v) is 8.36. The molecule has 0 fully saturated rings. The molecule has 1 heteroatoms. The highest BCUT2D eigenvalue weighted by Crippen LogP contribution is 2.43. The van der Waals surface area contributed by atoms with E-state index in [1.807, 2.05) is 0 Å². The Morgan fingerprint density at radius 3 is 2.76 bits per heavy atom. The second-order valence-corrected chi connectivity index (χ2v) is 6.35. The molecule has 0 saturated heterocycles. The first-order chi connectivity index (χ1) is 10.3. The second kappa shape index (κ2) is 6.01. The third-order valence-electron chi connectivity index (χ3n) is 4.85. The van der Waals surface area contributed by atoms with Crippen LogP contribution in [0.5, 0.6) is 0 Å². The number of rotatable bonds is 5. The van der Waals surface area contributed by atoms with Crippen molar-refractivity contribution in [1.29, 1.82) is 0 Å². The first kappa shape index (κ1) is 14.3. The maximum atomic E-state index is 4.91. The third-order valence-corrected chi connectivity index (χ3v) is 4.85. The summed E-state index contributed by atoms with van der Waals surface area (Å²) in [6.07, 6.45) is 12.1. The Bertz CT molecular complexity index is 656. The van der Waals surface area contributed by atoms with Crippen LogP contribution in [0, 0.1) is 0 Å². The maximum absolute atomic E-state index is 4.91. The Morgan fingerprint density at radius 1 is 1.10 bits per heavy atom. The highest BCUT2D eigenvalue weighted by molar-refractivity contribution is 5.81. The number of allylic oxidation sites excluding steroid dienone is 1. The number of aromatic nitrogens is 1. The summed E-state index contributed by atoms with van der Waals surface area (Å²) in [6, 6.07) is 10.9. The van der Waals surface area contributed by atoms with Crippen LogP contribution in [0.4, 0.5) is 0 Å². The van der Waals surface area contributed by atoms with Crippen molar-refractivity contribution in [3.05, 3.63) is 47.7 Å². The van der Waals surface area contributed by atoms with Crippen molar-refractivity contribution in [2.45, 2.75) is 57.8 Å². The molecule has 1 nitrogen and oxygen atoms in total. The quantitative estimate of drug-likeness (QED) is 0.666. The topological polar surface area (TPSA) is 12.9 Å². The molecule has 1 heterocycles. The predicted octanol–water partition coefficient (Wildman–Crippen LogP) is 5.88. The van der Waals surface area contributed by atoms with Crippen LogP contribution in [0.15, 0.2) is 36.4 Å². The van der Waals surface area contributed by atoms with E-state index in [9.17, 15) is 0 Å². The lowest BCUT2D eigenvalue weighted by Crippen LogP contribution is -2.29. The van der Waals surface area contributed by atoms with Gasteiger partial charge in [0.05, 0.1) is 11.2 Å². The summed E-state index contributed by atoms with van der Waals surface area (Å²) in [5, 5.41) is 1.28. The van der Waals surface area contributed by atoms with Gasteiger partial charge >= 0.3 is 0 Å². The number of fused-ring (bicyclic) bond motifs is 2. The summed E-state index contributed by atoms with van der Waals surface area (Å²) in [7, 11) is 0. The van der Waals surface area contributed by atoms with Crippen LogP contribution in [-0.4, -0.2) is 4.98 Å². The van der Waals surface area contributed by atoms with Crippen molar-refractivity contribution < 1.29 is 0 Å². The molecule has 0 spiro atoms. The second-order valence-electron chi connectivity index (χ2n) is 6.35. The largest absolute Gasteiger partial charge is 0.248 e. The monoisotopic (exact) mass is 279 g/mol. The number of hydrogen-bond acceptors (Lipinski definition) is 1. The van der Waals surface area contributed by atoms with Crippen LogP contribution in [0.2, 0.25) is 0 Å². The molecule has 1 aromatic heterocycles.